The summed E-state index contributed by atoms with van der Waals surface area (Å²) in [5.74, 6) is 0.0468. The summed E-state index contributed by atoms with van der Waals surface area (Å²) in [5.41, 5.74) is 8.68. The van der Waals surface area contributed by atoms with Gasteiger partial charge in [-0.1, -0.05) is 29.8 Å². The molecule has 1 fully saturated rings. The first-order valence-electron chi connectivity index (χ1n) is 7.68. The molecule has 1 aliphatic heterocycles. The summed E-state index contributed by atoms with van der Waals surface area (Å²) in [5, 5.41) is 2.64. The molecule has 1 saturated heterocycles. The molecule has 0 aliphatic carbocycles. The van der Waals surface area contributed by atoms with Crippen LogP contribution in [-0.2, 0) is 13.0 Å². The SMILES string of the molecule is Cc1ccc(CC2CCCN2C(=O)c2csc(CN)n2)cc1.Cl. The van der Waals surface area contributed by atoms with E-state index in [4.69, 9.17) is 5.73 Å². The Hall–Kier alpha value is -1.43. The number of hydrogen-bond donors (Lipinski definition) is 1. The maximum atomic E-state index is 12.7. The third-order valence-corrected chi connectivity index (χ3v) is 5.05. The number of nitrogens with two attached hydrogens (primary N) is 1. The van der Waals surface area contributed by atoms with Crippen LogP contribution < -0.4 is 5.73 Å². The number of hydrogen-bond acceptors (Lipinski definition) is 4. The first-order valence-corrected chi connectivity index (χ1v) is 8.56. The molecule has 2 aromatic rings. The minimum Gasteiger partial charge on any atom is -0.334 e. The second-order valence-electron chi connectivity index (χ2n) is 5.81. The van der Waals surface area contributed by atoms with Crippen molar-refractivity contribution in [3.63, 3.8) is 0 Å². The van der Waals surface area contributed by atoms with E-state index in [9.17, 15) is 4.79 Å². The van der Waals surface area contributed by atoms with Crippen LogP contribution in [-0.4, -0.2) is 28.4 Å². The van der Waals surface area contributed by atoms with Crippen LogP contribution in [0.5, 0.6) is 0 Å². The number of carbonyl (C=O) groups is 1. The van der Waals surface area contributed by atoms with E-state index >= 15 is 0 Å². The summed E-state index contributed by atoms with van der Waals surface area (Å²) in [7, 11) is 0. The second kappa shape index (κ2) is 7.90. The number of amides is 1. The average Bonchev–Trinajstić information content (AvgIpc) is 3.18. The van der Waals surface area contributed by atoms with Crippen LogP contribution in [0.2, 0.25) is 0 Å². The predicted molar refractivity (Wildman–Crippen MR) is 96.2 cm³/mol. The fourth-order valence-corrected chi connectivity index (χ4v) is 3.61. The zero-order valence-corrected chi connectivity index (χ0v) is 14.8. The van der Waals surface area contributed by atoms with E-state index in [1.54, 1.807) is 0 Å². The second-order valence-corrected chi connectivity index (χ2v) is 6.76. The van der Waals surface area contributed by atoms with E-state index in [-0.39, 0.29) is 24.4 Å². The smallest absolute Gasteiger partial charge is 0.273 e. The Bertz CT molecular complexity index is 656. The van der Waals surface area contributed by atoms with Crippen molar-refractivity contribution >= 4 is 29.7 Å². The third-order valence-electron chi connectivity index (χ3n) is 4.18. The van der Waals surface area contributed by atoms with Gasteiger partial charge in [0.1, 0.15) is 10.7 Å². The first kappa shape index (κ1) is 17.9. The van der Waals surface area contributed by atoms with Gasteiger partial charge in [0.2, 0.25) is 0 Å². The molecule has 0 bridgehead atoms. The number of halogens is 1. The average molecular weight is 352 g/mol. The lowest BCUT2D eigenvalue weighted by Gasteiger charge is -2.24. The van der Waals surface area contributed by atoms with Crippen molar-refractivity contribution < 1.29 is 4.79 Å². The largest absolute Gasteiger partial charge is 0.334 e. The molecule has 0 saturated carbocycles. The highest BCUT2D eigenvalue weighted by molar-refractivity contribution is 7.09. The Balaban J connectivity index is 0.00000192. The zero-order valence-electron chi connectivity index (χ0n) is 13.2. The van der Waals surface area contributed by atoms with E-state index in [1.165, 1.54) is 22.5 Å². The highest BCUT2D eigenvalue weighted by atomic mass is 35.5. The summed E-state index contributed by atoms with van der Waals surface area (Å²) in [6.07, 6.45) is 3.05. The molecule has 1 atom stereocenters. The fourth-order valence-electron chi connectivity index (χ4n) is 2.96. The summed E-state index contributed by atoms with van der Waals surface area (Å²) < 4.78 is 0. The molecule has 124 valence electrons. The number of thiazole rings is 1. The number of aryl methyl sites for hydroxylation is 1. The Morgan fingerprint density at radius 1 is 1.39 bits per heavy atom. The quantitative estimate of drug-likeness (QED) is 0.920. The number of carbonyl (C=O) groups excluding carboxylic acids is 1. The van der Waals surface area contributed by atoms with Crippen LogP contribution in [0.15, 0.2) is 29.6 Å². The van der Waals surface area contributed by atoms with E-state index in [2.05, 4.69) is 36.2 Å². The van der Waals surface area contributed by atoms with Gasteiger partial charge in [-0.3, -0.25) is 4.79 Å². The van der Waals surface area contributed by atoms with Crippen molar-refractivity contribution in [1.29, 1.82) is 0 Å². The van der Waals surface area contributed by atoms with Crippen molar-refractivity contribution in [2.75, 3.05) is 6.54 Å². The summed E-state index contributed by atoms with van der Waals surface area (Å²) in [6.45, 7) is 3.31. The standard InChI is InChI=1S/C17H21N3OS.ClH/c1-12-4-6-13(7-5-12)9-14-3-2-8-20(14)17(21)15-11-22-16(10-18)19-15;/h4-7,11,14H,2-3,8-10,18H2,1H3;1H. The highest BCUT2D eigenvalue weighted by Gasteiger charge is 2.30. The van der Waals surface area contributed by atoms with Gasteiger partial charge in [0.15, 0.2) is 0 Å². The van der Waals surface area contributed by atoms with Crippen molar-refractivity contribution in [2.24, 2.45) is 5.73 Å². The van der Waals surface area contributed by atoms with Gasteiger partial charge in [0.25, 0.3) is 5.91 Å². The Morgan fingerprint density at radius 2 is 2.13 bits per heavy atom. The molecule has 1 aliphatic rings. The van der Waals surface area contributed by atoms with E-state index in [1.807, 2.05) is 10.3 Å². The molecule has 23 heavy (non-hydrogen) atoms. The normalized spacial score (nSPS) is 17.1. The molecule has 1 aromatic heterocycles. The van der Waals surface area contributed by atoms with Gasteiger partial charge in [-0.2, -0.15) is 0 Å². The summed E-state index contributed by atoms with van der Waals surface area (Å²) in [6, 6.07) is 8.85. The Morgan fingerprint density at radius 3 is 2.78 bits per heavy atom. The van der Waals surface area contributed by atoms with Crippen LogP contribution in [0.25, 0.3) is 0 Å². The molecular weight excluding hydrogens is 330 g/mol. The lowest BCUT2D eigenvalue weighted by atomic mass is 10.0. The molecule has 1 amide bonds. The van der Waals surface area contributed by atoms with Crippen molar-refractivity contribution in [2.45, 2.75) is 38.8 Å². The number of benzene rings is 1. The van der Waals surface area contributed by atoms with Crippen LogP contribution in [0.3, 0.4) is 0 Å². The lowest BCUT2D eigenvalue weighted by molar-refractivity contribution is 0.0731. The zero-order chi connectivity index (χ0) is 15.5. The van der Waals surface area contributed by atoms with Gasteiger partial charge >= 0.3 is 0 Å². The number of rotatable bonds is 4. The molecule has 3 rings (SSSR count). The molecule has 6 heteroatoms. The Kier molecular flexibility index (Phi) is 6.16. The molecule has 4 nitrogen and oxygen atoms in total. The van der Waals surface area contributed by atoms with Crippen LogP contribution in [0.4, 0.5) is 0 Å². The minimum absolute atomic E-state index is 0. The topological polar surface area (TPSA) is 59.2 Å². The van der Waals surface area contributed by atoms with Gasteiger partial charge in [-0.15, -0.1) is 23.7 Å². The van der Waals surface area contributed by atoms with E-state index in [0.29, 0.717) is 12.2 Å². The summed E-state index contributed by atoms with van der Waals surface area (Å²) >= 11 is 1.46. The van der Waals surface area contributed by atoms with Crippen molar-refractivity contribution in [3.05, 3.63) is 51.5 Å². The summed E-state index contributed by atoms with van der Waals surface area (Å²) in [4.78, 5) is 19.0. The maximum Gasteiger partial charge on any atom is 0.273 e. The van der Waals surface area contributed by atoms with Crippen LogP contribution >= 0.6 is 23.7 Å². The molecule has 1 unspecified atom stereocenters. The van der Waals surface area contributed by atoms with Crippen LogP contribution in [0.1, 0.15) is 39.5 Å². The monoisotopic (exact) mass is 351 g/mol. The molecule has 0 spiro atoms. The van der Waals surface area contributed by atoms with E-state index in [0.717, 1.165) is 30.8 Å². The number of likely N-dealkylation sites (tertiary alicyclic amines) is 1. The highest BCUT2D eigenvalue weighted by Crippen LogP contribution is 2.24. The van der Waals surface area contributed by atoms with Gasteiger partial charge in [0, 0.05) is 24.5 Å². The maximum absolute atomic E-state index is 12.7. The number of aromatic nitrogens is 1. The number of nitrogens with zero attached hydrogens (tertiary/aromatic N) is 2. The minimum atomic E-state index is 0. The lowest BCUT2D eigenvalue weighted by Crippen LogP contribution is -2.37. The van der Waals surface area contributed by atoms with Crippen LogP contribution in [0, 0.1) is 6.92 Å². The molecular formula is C17H22ClN3OS. The van der Waals surface area contributed by atoms with Crippen molar-refractivity contribution in [3.8, 4) is 0 Å². The van der Waals surface area contributed by atoms with Gasteiger partial charge in [-0.25, -0.2) is 4.98 Å². The van der Waals surface area contributed by atoms with Gasteiger partial charge in [-0.05, 0) is 31.7 Å². The molecule has 0 radical (unpaired) electrons. The van der Waals surface area contributed by atoms with Crippen molar-refractivity contribution in [1.82, 2.24) is 9.88 Å². The molecule has 2 heterocycles. The van der Waals surface area contributed by atoms with Gasteiger partial charge in [0.05, 0.1) is 0 Å². The first-order chi connectivity index (χ1) is 10.7. The van der Waals surface area contributed by atoms with E-state index < -0.39 is 0 Å². The predicted octanol–water partition coefficient (Wildman–Crippen LogP) is 3.18. The Labute approximate surface area is 147 Å². The third kappa shape index (κ3) is 4.10. The molecule has 2 N–H and O–H groups in total. The van der Waals surface area contributed by atoms with Gasteiger partial charge < -0.3 is 10.6 Å². The molecule has 1 aromatic carbocycles. The fraction of sp³-hybridized carbons (Fsp3) is 0.412.